The van der Waals surface area contributed by atoms with Crippen molar-refractivity contribution in [3.05, 3.63) is 0 Å². The van der Waals surface area contributed by atoms with E-state index in [9.17, 15) is 19.5 Å². The highest BCUT2D eigenvalue weighted by atomic mass is 16.5. The van der Waals surface area contributed by atoms with Crippen molar-refractivity contribution in [2.75, 3.05) is 6.61 Å². The van der Waals surface area contributed by atoms with E-state index in [1.807, 2.05) is 0 Å². The number of rotatable bonds is 12. The summed E-state index contributed by atoms with van der Waals surface area (Å²) in [5, 5.41) is 27.1. The van der Waals surface area contributed by atoms with E-state index in [4.69, 9.17) is 20.7 Å². The molecule has 8 nitrogen and oxygen atoms in total. The van der Waals surface area contributed by atoms with Crippen molar-refractivity contribution in [3.8, 4) is 0 Å². The number of carboxylic acid groups (broad SMARTS) is 2. The SMILES string of the molecule is CCCCCC(N)CCOC(=O)CC(O)(CC(=O)O)C(=O)O. The molecule has 0 radical (unpaired) electrons. The second-order valence-electron chi connectivity index (χ2n) is 5.35. The maximum absolute atomic E-state index is 11.5. The quantitative estimate of drug-likeness (QED) is 0.300. The Morgan fingerprint density at radius 1 is 1.14 bits per heavy atom. The van der Waals surface area contributed by atoms with Crippen molar-refractivity contribution in [1.82, 2.24) is 0 Å². The molecule has 0 aliphatic carbocycles. The van der Waals surface area contributed by atoms with Gasteiger partial charge in [0.1, 0.15) is 0 Å². The zero-order valence-electron chi connectivity index (χ0n) is 12.8. The molecule has 0 spiro atoms. The number of carbonyl (C=O) groups excluding carboxylic acids is 1. The summed E-state index contributed by atoms with van der Waals surface area (Å²) in [6, 6.07) is -0.114. The standard InChI is InChI=1S/C14H25NO7/c1-2-3-4-5-10(15)6-7-22-12(18)9-14(21,13(19)20)8-11(16)17/h10,21H,2-9,15H2,1H3,(H,16,17)(H,19,20). The fraction of sp³-hybridized carbons (Fsp3) is 0.786. The number of carboxylic acids is 2. The van der Waals surface area contributed by atoms with Crippen LogP contribution in [0.5, 0.6) is 0 Å². The van der Waals surface area contributed by atoms with Gasteiger partial charge in [0.05, 0.1) is 19.4 Å². The first kappa shape index (κ1) is 20.3. The Morgan fingerprint density at radius 3 is 2.27 bits per heavy atom. The summed E-state index contributed by atoms with van der Waals surface area (Å²) in [4.78, 5) is 32.9. The van der Waals surface area contributed by atoms with Gasteiger partial charge in [-0.2, -0.15) is 0 Å². The van der Waals surface area contributed by atoms with E-state index in [1.54, 1.807) is 0 Å². The normalized spacial score (nSPS) is 14.9. The summed E-state index contributed by atoms with van der Waals surface area (Å²) in [6.45, 7) is 2.09. The highest BCUT2D eigenvalue weighted by Gasteiger charge is 2.41. The molecule has 8 heteroatoms. The summed E-state index contributed by atoms with van der Waals surface area (Å²) in [5.74, 6) is -4.26. The summed E-state index contributed by atoms with van der Waals surface area (Å²) in [5.41, 5.74) is 3.17. The van der Waals surface area contributed by atoms with Gasteiger partial charge in [-0.3, -0.25) is 9.59 Å². The fourth-order valence-corrected chi connectivity index (χ4v) is 1.88. The van der Waals surface area contributed by atoms with E-state index in [1.165, 1.54) is 0 Å². The van der Waals surface area contributed by atoms with Crippen LogP contribution in [-0.2, 0) is 19.1 Å². The van der Waals surface area contributed by atoms with Gasteiger partial charge < -0.3 is 25.8 Å². The number of aliphatic carboxylic acids is 2. The number of unbranched alkanes of at least 4 members (excludes halogenated alkanes) is 2. The number of esters is 1. The third kappa shape index (κ3) is 8.58. The number of hydrogen-bond donors (Lipinski definition) is 4. The van der Waals surface area contributed by atoms with Crippen LogP contribution in [0.3, 0.4) is 0 Å². The first-order chi connectivity index (χ1) is 10.2. The van der Waals surface area contributed by atoms with Crippen LogP contribution in [0.15, 0.2) is 0 Å². The molecule has 2 unspecified atom stereocenters. The summed E-state index contributed by atoms with van der Waals surface area (Å²) < 4.78 is 4.81. The number of aliphatic hydroxyl groups is 1. The zero-order chi connectivity index (χ0) is 17.2. The van der Waals surface area contributed by atoms with Crippen molar-refractivity contribution in [2.45, 2.75) is 63.5 Å². The van der Waals surface area contributed by atoms with Crippen LogP contribution < -0.4 is 5.73 Å². The largest absolute Gasteiger partial charge is 0.481 e. The van der Waals surface area contributed by atoms with Gasteiger partial charge in [0.15, 0.2) is 5.60 Å². The second kappa shape index (κ2) is 10.1. The van der Waals surface area contributed by atoms with E-state index in [0.717, 1.165) is 25.7 Å². The van der Waals surface area contributed by atoms with Crippen LogP contribution in [0.1, 0.15) is 51.9 Å². The Kier molecular flexibility index (Phi) is 9.35. The van der Waals surface area contributed by atoms with Crippen molar-refractivity contribution in [1.29, 1.82) is 0 Å². The monoisotopic (exact) mass is 319 g/mol. The van der Waals surface area contributed by atoms with Gasteiger partial charge in [-0.05, 0) is 12.8 Å². The Hall–Kier alpha value is -1.67. The van der Waals surface area contributed by atoms with Crippen LogP contribution in [-0.4, -0.2) is 51.5 Å². The minimum absolute atomic E-state index is 0.00882. The number of carbonyl (C=O) groups is 3. The molecule has 22 heavy (non-hydrogen) atoms. The molecule has 0 aromatic rings. The maximum atomic E-state index is 11.5. The number of nitrogens with two attached hydrogens (primary N) is 1. The second-order valence-corrected chi connectivity index (χ2v) is 5.35. The lowest BCUT2D eigenvalue weighted by atomic mass is 9.96. The van der Waals surface area contributed by atoms with Crippen LogP contribution in [0, 0.1) is 0 Å². The molecular weight excluding hydrogens is 294 g/mol. The number of ether oxygens (including phenoxy) is 1. The number of hydrogen-bond acceptors (Lipinski definition) is 6. The molecule has 0 aliphatic rings. The Balaban J connectivity index is 4.15. The molecule has 5 N–H and O–H groups in total. The fourth-order valence-electron chi connectivity index (χ4n) is 1.88. The average molecular weight is 319 g/mol. The van der Waals surface area contributed by atoms with Crippen LogP contribution in [0.2, 0.25) is 0 Å². The molecular formula is C14H25NO7. The van der Waals surface area contributed by atoms with Gasteiger partial charge in [0.25, 0.3) is 0 Å². The van der Waals surface area contributed by atoms with Crippen molar-refractivity contribution in [2.24, 2.45) is 5.73 Å². The lowest BCUT2D eigenvalue weighted by Crippen LogP contribution is -2.43. The van der Waals surface area contributed by atoms with E-state index < -0.39 is 36.4 Å². The molecule has 0 fully saturated rings. The van der Waals surface area contributed by atoms with E-state index in [-0.39, 0.29) is 12.6 Å². The Morgan fingerprint density at radius 2 is 1.77 bits per heavy atom. The minimum atomic E-state index is -2.66. The summed E-state index contributed by atoms with van der Waals surface area (Å²) in [6.07, 6.45) is 2.40. The third-order valence-electron chi connectivity index (χ3n) is 3.21. The molecule has 0 heterocycles. The third-order valence-corrected chi connectivity index (χ3v) is 3.21. The summed E-state index contributed by atoms with van der Waals surface area (Å²) >= 11 is 0. The highest BCUT2D eigenvalue weighted by Crippen LogP contribution is 2.17. The Bertz CT molecular complexity index is 385. The maximum Gasteiger partial charge on any atom is 0.336 e. The minimum Gasteiger partial charge on any atom is -0.481 e. The first-order valence-electron chi connectivity index (χ1n) is 7.30. The predicted octanol–water partition coefficient (Wildman–Crippen LogP) is 0.508. The van der Waals surface area contributed by atoms with E-state index >= 15 is 0 Å². The van der Waals surface area contributed by atoms with Gasteiger partial charge in [-0.15, -0.1) is 0 Å². The van der Waals surface area contributed by atoms with Crippen LogP contribution >= 0.6 is 0 Å². The molecule has 0 amide bonds. The van der Waals surface area contributed by atoms with Gasteiger partial charge in [0, 0.05) is 6.04 Å². The molecule has 2 atom stereocenters. The highest BCUT2D eigenvalue weighted by molar-refractivity contribution is 5.88. The van der Waals surface area contributed by atoms with Gasteiger partial charge in [0.2, 0.25) is 0 Å². The predicted molar refractivity (Wildman–Crippen MR) is 77.1 cm³/mol. The van der Waals surface area contributed by atoms with E-state index in [0.29, 0.717) is 6.42 Å². The topological polar surface area (TPSA) is 147 Å². The molecule has 0 aromatic heterocycles. The molecule has 0 saturated carbocycles. The smallest absolute Gasteiger partial charge is 0.336 e. The van der Waals surface area contributed by atoms with Gasteiger partial charge in [-0.1, -0.05) is 26.2 Å². The van der Waals surface area contributed by atoms with Crippen LogP contribution in [0.25, 0.3) is 0 Å². The van der Waals surface area contributed by atoms with Crippen molar-refractivity contribution in [3.63, 3.8) is 0 Å². The lowest BCUT2D eigenvalue weighted by Gasteiger charge is -2.20. The molecule has 0 aliphatic heterocycles. The van der Waals surface area contributed by atoms with Gasteiger partial charge >= 0.3 is 17.9 Å². The van der Waals surface area contributed by atoms with Crippen LogP contribution in [0.4, 0.5) is 0 Å². The van der Waals surface area contributed by atoms with Crippen molar-refractivity contribution >= 4 is 17.9 Å². The summed E-state index contributed by atoms with van der Waals surface area (Å²) in [7, 11) is 0. The molecule has 0 aromatic carbocycles. The lowest BCUT2D eigenvalue weighted by molar-refractivity contribution is -0.172. The average Bonchev–Trinajstić information content (AvgIpc) is 2.37. The molecule has 0 bridgehead atoms. The van der Waals surface area contributed by atoms with Gasteiger partial charge in [-0.25, -0.2) is 4.79 Å². The van der Waals surface area contributed by atoms with E-state index in [2.05, 4.69) is 6.92 Å². The van der Waals surface area contributed by atoms with Crippen molar-refractivity contribution < 1.29 is 34.4 Å². The molecule has 0 saturated heterocycles. The zero-order valence-corrected chi connectivity index (χ0v) is 12.8. The first-order valence-corrected chi connectivity index (χ1v) is 7.30. The molecule has 0 rings (SSSR count). The molecule has 128 valence electrons. The Labute approximate surface area is 129 Å².